The first-order valence-corrected chi connectivity index (χ1v) is 6.74. The quantitative estimate of drug-likeness (QED) is 0.866. The van der Waals surface area contributed by atoms with Crippen LogP contribution in [0.15, 0.2) is 48.5 Å². The van der Waals surface area contributed by atoms with E-state index in [1.54, 1.807) is 18.0 Å². The fourth-order valence-corrected chi connectivity index (χ4v) is 2.10. The van der Waals surface area contributed by atoms with E-state index < -0.39 is 0 Å². The number of benzene rings is 2. The Labute approximate surface area is 120 Å². The number of para-hydroxylation sites is 2. The number of nitrogens with two attached hydrogens (primary N) is 1. The van der Waals surface area contributed by atoms with E-state index in [4.69, 9.17) is 5.73 Å². The molecular formula is C17H20N2O. The van der Waals surface area contributed by atoms with Gasteiger partial charge in [0.15, 0.2) is 0 Å². The van der Waals surface area contributed by atoms with Crippen molar-refractivity contribution in [3.8, 4) is 0 Å². The molecule has 0 aliphatic carbocycles. The zero-order chi connectivity index (χ0) is 14.5. The van der Waals surface area contributed by atoms with E-state index in [0.717, 1.165) is 12.1 Å². The van der Waals surface area contributed by atoms with Gasteiger partial charge in [0, 0.05) is 13.5 Å². The predicted octanol–water partition coefficient (Wildman–Crippen LogP) is 3.17. The molecule has 0 aliphatic heterocycles. The van der Waals surface area contributed by atoms with E-state index >= 15 is 0 Å². The van der Waals surface area contributed by atoms with Gasteiger partial charge in [-0.25, -0.2) is 0 Å². The maximum atomic E-state index is 12.2. The summed E-state index contributed by atoms with van der Waals surface area (Å²) in [4.78, 5) is 13.8. The van der Waals surface area contributed by atoms with Gasteiger partial charge in [-0.05, 0) is 31.0 Å². The number of carbonyl (C=O) groups is 1. The van der Waals surface area contributed by atoms with Gasteiger partial charge in [-0.2, -0.15) is 0 Å². The molecular weight excluding hydrogens is 248 g/mol. The molecule has 0 saturated heterocycles. The molecule has 3 nitrogen and oxygen atoms in total. The molecule has 0 unspecified atom stereocenters. The Balaban J connectivity index is 1.98. The normalized spacial score (nSPS) is 10.3. The standard InChI is InChI=1S/C17H20N2O/c1-13-7-9-14(10-8-13)11-12-17(20)19(2)16-6-4-3-5-15(16)18/h3-10H,11-12,18H2,1-2H3. The zero-order valence-corrected chi connectivity index (χ0v) is 12.0. The number of nitrogens with zero attached hydrogens (tertiary/aromatic N) is 1. The fraction of sp³-hybridized carbons (Fsp3) is 0.235. The molecule has 0 saturated carbocycles. The average Bonchev–Trinajstić information content (AvgIpc) is 2.46. The highest BCUT2D eigenvalue weighted by Crippen LogP contribution is 2.22. The first kappa shape index (κ1) is 14.1. The van der Waals surface area contributed by atoms with Gasteiger partial charge in [0.1, 0.15) is 0 Å². The van der Waals surface area contributed by atoms with Crippen molar-refractivity contribution >= 4 is 17.3 Å². The second-order valence-electron chi connectivity index (χ2n) is 5.00. The highest BCUT2D eigenvalue weighted by Gasteiger charge is 2.12. The molecule has 2 rings (SSSR count). The summed E-state index contributed by atoms with van der Waals surface area (Å²) < 4.78 is 0. The molecule has 0 spiro atoms. The molecule has 0 heterocycles. The summed E-state index contributed by atoms with van der Waals surface area (Å²) in [5, 5.41) is 0. The molecule has 0 fully saturated rings. The lowest BCUT2D eigenvalue weighted by Crippen LogP contribution is -2.27. The van der Waals surface area contributed by atoms with Crippen molar-refractivity contribution in [3.05, 3.63) is 59.7 Å². The van der Waals surface area contributed by atoms with E-state index in [1.165, 1.54) is 11.1 Å². The van der Waals surface area contributed by atoms with Crippen molar-refractivity contribution in [1.82, 2.24) is 0 Å². The fourth-order valence-electron chi connectivity index (χ4n) is 2.10. The minimum Gasteiger partial charge on any atom is -0.397 e. The van der Waals surface area contributed by atoms with Crippen molar-refractivity contribution in [2.75, 3.05) is 17.7 Å². The number of hydrogen-bond donors (Lipinski definition) is 1. The van der Waals surface area contributed by atoms with E-state index in [2.05, 4.69) is 31.2 Å². The number of aryl methyl sites for hydroxylation is 2. The Morgan fingerprint density at radius 1 is 1.10 bits per heavy atom. The highest BCUT2D eigenvalue weighted by molar-refractivity contribution is 5.95. The molecule has 0 aromatic heterocycles. The zero-order valence-electron chi connectivity index (χ0n) is 12.0. The molecule has 0 aliphatic rings. The van der Waals surface area contributed by atoms with Gasteiger partial charge in [-0.1, -0.05) is 42.0 Å². The van der Waals surface area contributed by atoms with Crippen LogP contribution in [0.2, 0.25) is 0 Å². The van der Waals surface area contributed by atoms with Gasteiger partial charge in [0.05, 0.1) is 11.4 Å². The van der Waals surface area contributed by atoms with Gasteiger partial charge in [-0.3, -0.25) is 4.79 Å². The molecule has 2 N–H and O–H groups in total. The van der Waals surface area contributed by atoms with Gasteiger partial charge < -0.3 is 10.6 Å². The number of carbonyl (C=O) groups excluding carboxylic acids is 1. The average molecular weight is 268 g/mol. The van der Waals surface area contributed by atoms with Crippen LogP contribution >= 0.6 is 0 Å². The maximum Gasteiger partial charge on any atom is 0.227 e. The van der Waals surface area contributed by atoms with E-state index in [0.29, 0.717) is 12.1 Å². The van der Waals surface area contributed by atoms with Crippen LogP contribution in [0.4, 0.5) is 11.4 Å². The predicted molar refractivity (Wildman–Crippen MR) is 83.8 cm³/mol. The Hall–Kier alpha value is -2.29. The number of amides is 1. The summed E-state index contributed by atoms with van der Waals surface area (Å²) in [6, 6.07) is 15.7. The molecule has 0 atom stereocenters. The maximum absolute atomic E-state index is 12.2. The summed E-state index contributed by atoms with van der Waals surface area (Å²) in [5.74, 6) is 0.0727. The monoisotopic (exact) mass is 268 g/mol. The number of hydrogen-bond acceptors (Lipinski definition) is 2. The SMILES string of the molecule is Cc1ccc(CCC(=O)N(C)c2ccccc2N)cc1. The van der Waals surface area contributed by atoms with Crippen LogP contribution in [0.1, 0.15) is 17.5 Å². The summed E-state index contributed by atoms with van der Waals surface area (Å²) >= 11 is 0. The van der Waals surface area contributed by atoms with Crippen LogP contribution < -0.4 is 10.6 Å². The first-order valence-electron chi connectivity index (χ1n) is 6.74. The molecule has 2 aromatic rings. The Morgan fingerprint density at radius 3 is 2.40 bits per heavy atom. The molecule has 1 amide bonds. The summed E-state index contributed by atoms with van der Waals surface area (Å²) in [5.41, 5.74) is 9.69. The summed E-state index contributed by atoms with van der Waals surface area (Å²) in [6.45, 7) is 2.06. The molecule has 3 heteroatoms. The minimum atomic E-state index is 0.0727. The van der Waals surface area contributed by atoms with Gasteiger partial charge in [0.2, 0.25) is 5.91 Å². The lowest BCUT2D eigenvalue weighted by molar-refractivity contribution is -0.118. The molecule has 20 heavy (non-hydrogen) atoms. The van der Waals surface area contributed by atoms with Crippen LogP contribution in [0, 0.1) is 6.92 Å². The first-order chi connectivity index (χ1) is 9.58. The van der Waals surface area contributed by atoms with Gasteiger partial charge in [-0.15, -0.1) is 0 Å². The molecule has 0 radical (unpaired) electrons. The van der Waals surface area contributed by atoms with E-state index in [9.17, 15) is 4.79 Å². The van der Waals surface area contributed by atoms with Crippen LogP contribution in [-0.2, 0) is 11.2 Å². The van der Waals surface area contributed by atoms with Crippen LogP contribution in [0.25, 0.3) is 0 Å². The smallest absolute Gasteiger partial charge is 0.227 e. The van der Waals surface area contributed by atoms with Gasteiger partial charge >= 0.3 is 0 Å². The van der Waals surface area contributed by atoms with Crippen molar-refractivity contribution in [3.63, 3.8) is 0 Å². The number of rotatable bonds is 4. The minimum absolute atomic E-state index is 0.0727. The Morgan fingerprint density at radius 2 is 1.75 bits per heavy atom. The second-order valence-corrected chi connectivity index (χ2v) is 5.00. The van der Waals surface area contributed by atoms with Crippen molar-refractivity contribution in [1.29, 1.82) is 0 Å². The summed E-state index contributed by atoms with van der Waals surface area (Å²) in [7, 11) is 1.77. The Bertz CT molecular complexity index is 590. The van der Waals surface area contributed by atoms with Crippen molar-refractivity contribution < 1.29 is 4.79 Å². The largest absolute Gasteiger partial charge is 0.397 e. The lowest BCUT2D eigenvalue weighted by Gasteiger charge is -2.19. The third-order valence-electron chi connectivity index (χ3n) is 3.42. The third kappa shape index (κ3) is 3.38. The molecule has 2 aromatic carbocycles. The summed E-state index contributed by atoms with van der Waals surface area (Å²) in [6.07, 6.45) is 1.23. The van der Waals surface area contributed by atoms with E-state index in [-0.39, 0.29) is 5.91 Å². The molecule has 104 valence electrons. The van der Waals surface area contributed by atoms with E-state index in [1.807, 2.05) is 18.2 Å². The Kier molecular flexibility index (Phi) is 4.41. The number of anilines is 2. The van der Waals surface area contributed by atoms with Crippen molar-refractivity contribution in [2.24, 2.45) is 0 Å². The third-order valence-corrected chi connectivity index (χ3v) is 3.42. The highest BCUT2D eigenvalue weighted by atomic mass is 16.2. The van der Waals surface area contributed by atoms with Crippen LogP contribution in [0.5, 0.6) is 0 Å². The van der Waals surface area contributed by atoms with Gasteiger partial charge in [0.25, 0.3) is 0 Å². The lowest BCUT2D eigenvalue weighted by atomic mass is 10.1. The van der Waals surface area contributed by atoms with Crippen LogP contribution in [-0.4, -0.2) is 13.0 Å². The van der Waals surface area contributed by atoms with Crippen LogP contribution in [0.3, 0.4) is 0 Å². The topological polar surface area (TPSA) is 46.3 Å². The second kappa shape index (κ2) is 6.24. The van der Waals surface area contributed by atoms with Crippen molar-refractivity contribution in [2.45, 2.75) is 19.8 Å². The number of nitrogen functional groups attached to an aromatic ring is 1. The molecule has 0 bridgehead atoms.